The first-order valence-corrected chi connectivity index (χ1v) is 9.23. The van der Waals surface area contributed by atoms with Crippen LogP contribution in [0.2, 0.25) is 0 Å². The lowest BCUT2D eigenvalue weighted by Gasteiger charge is -2.60. The van der Waals surface area contributed by atoms with E-state index in [1.807, 2.05) is 12.1 Å². The van der Waals surface area contributed by atoms with Crippen LogP contribution in [-0.4, -0.2) is 59.9 Å². The van der Waals surface area contributed by atoms with E-state index in [0.717, 1.165) is 11.1 Å². The number of carbonyl (C=O) groups is 2. The van der Waals surface area contributed by atoms with E-state index < -0.39 is 29.3 Å². The van der Waals surface area contributed by atoms with Gasteiger partial charge in [-0.2, -0.15) is 0 Å². The Bertz CT molecular complexity index is 895. The van der Waals surface area contributed by atoms with Gasteiger partial charge in [-0.3, -0.25) is 4.79 Å². The number of piperidine rings is 1. The van der Waals surface area contributed by atoms with Crippen LogP contribution in [-0.2, 0) is 21.4 Å². The molecule has 4 unspecified atom stereocenters. The summed E-state index contributed by atoms with van der Waals surface area (Å²) >= 11 is 0. The molecule has 1 aromatic carbocycles. The Morgan fingerprint density at radius 2 is 2.26 bits per heavy atom. The van der Waals surface area contributed by atoms with Gasteiger partial charge < -0.3 is 24.2 Å². The molecule has 1 fully saturated rings. The maximum absolute atomic E-state index is 12.7. The minimum Gasteiger partial charge on any atom is -0.493 e. The lowest BCUT2D eigenvalue weighted by Crippen LogP contribution is -2.75. The molecule has 1 saturated heterocycles. The topological polar surface area (TPSA) is 85.3 Å². The van der Waals surface area contributed by atoms with Crippen molar-refractivity contribution in [3.05, 3.63) is 35.4 Å². The Balaban J connectivity index is 1.75. The highest BCUT2D eigenvalue weighted by Crippen LogP contribution is 2.63. The van der Waals surface area contributed by atoms with Gasteiger partial charge in [0, 0.05) is 12.1 Å². The van der Waals surface area contributed by atoms with E-state index in [-0.39, 0.29) is 12.4 Å². The number of carbonyl (C=O) groups excluding carboxylic acids is 2. The largest absolute Gasteiger partial charge is 0.493 e. The summed E-state index contributed by atoms with van der Waals surface area (Å²) in [6.45, 7) is 2.42. The summed E-state index contributed by atoms with van der Waals surface area (Å²) in [6, 6.07) is 3.23. The maximum atomic E-state index is 12.7. The number of hydrogen-bond acceptors (Lipinski definition) is 6. The molecule has 1 N–H and O–H groups in total. The maximum Gasteiger partial charge on any atom is 0.410 e. The van der Waals surface area contributed by atoms with Crippen LogP contribution in [0.25, 0.3) is 0 Å². The number of ketones is 1. The van der Waals surface area contributed by atoms with Crippen molar-refractivity contribution in [3.63, 3.8) is 0 Å². The normalized spacial score (nSPS) is 34.8. The number of aliphatic hydroxyl groups is 1. The number of amides is 1. The number of ether oxygens (including phenoxy) is 3. The minimum atomic E-state index is -1.40. The average Bonchev–Trinajstić information content (AvgIpc) is 3.00. The van der Waals surface area contributed by atoms with Crippen LogP contribution in [0.5, 0.6) is 11.5 Å². The Morgan fingerprint density at radius 1 is 1.44 bits per heavy atom. The second-order valence-electron chi connectivity index (χ2n) is 7.52. The zero-order chi connectivity index (χ0) is 19.0. The van der Waals surface area contributed by atoms with Crippen molar-refractivity contribution in [2.45, 2.75) is 42.9 Å². The fourth-order valence-electron chi connectivity index (χ4n) is 5.50. The van der Waals surface area contributed by atoms with Crippen LogP contribution in [0.1, 0.15) is 24.5 Å². The summed E-state index contributed by atoms with van der Waals surface area (Å²) in [7, 11) is 1.56. The van der Waals surface area contributed by atoms with Gasteiger partial charge in [-0.05, 0) is 43.5 Å². The molecule has 7 heteroatoms. The van der Waals surface area contributed by atoms with Crippen molar-refractivity contribution >= 4 is 11.9 Å². The molecule has 7 nitrogen and oxygen atoms in total. The molecule has 2 aliphatic heterocycles. The molecule has 1 amide bonds. The monoisotopic (exact) mass is 371 g/mol. The SMILES string of the molecule is CCOC(=O)N1CCC23c4c5ccc(OC)c4OC2C(=O)C=CC3(O)C1C5. The highest BCUT2D eigenvalue weighted by Gasteiger charge is 2.72. The van der Waals surface area contributed by atoms with Crippen molar-refractivity contribution in [1.29, 1.82) is 0 Å². The van der Waals surface area contributed by atoms with Crippen LogP contribution in [0.4, 0.5) is 4.79 Å². The lowest BCUT2D eigenvalue weighted by atomic mass is 9.51. The second kappa shape index (κ2) is 5.25. The first-order chi connectivity index (χ1) is 13.0. The van der Waals surface area contributed by atoms with Crippen LogP contribution < -0.4 is 9.47 Å². The predicted octanol–water partition coefficient (Wildman–Crippen LogP) is 1.35. The number of nitrogens with zero attached hydrogens (tertiary/aromatic N) is 1. The summed E-state index contributed by atoms with van der Waals surface area (Å²) in [6.07, 6.45) is 2.55. The van der Waals surface area contributed by atoms with E-state index in [1.54, 1.807) is 25.0 Å². The second-order valence-corrected chi connectivity index (χ2v) is 7.52. The van der Waals surface area contributed by atoms with Gasteiger partial charge in [0.05, 0.1) is 25.2 Å². The number of methoxy groups -OCH3 is 1. The molecule has 27 heavy (non-hydrogen) atoms. The first kappa shape index (κ1) is 16.6. The zero-order valence-corrected chi connectivity index (χ0v) is 15.2. The highest BCUT2D eigenvalue weighted by molar-refractivity contribution is 5.99. The third kappa shape index (κ3) is 1.76. The molecule has 0 radical (unpaired) electrons. The minimum absolute atomic E-state index is 0.172. The van der Waals surface area contributed by atoms with Gasteiger partial charge in [0.15, 0.2) is 23.4 Å². The molecule has 0 aromatic heterocycles. The van der Waals surface area contributed by atoms with Crippen LogP contribution in [0, 0.1) is 0 Å². The van der Waals surface area contributed by atoms with Crippen molar-refractivity contribution in [3.8, 4) is 11.5 Å². The van der Waals surface area contributed by atoms with Crippen LogP contribution in [0.3, 0.4) is 0 Å². The molecule has 1 aromatic rings. The Morgan fingerprint density at radius 3 is 3.00 bits per heavy atom. The number of rotatable bonds is 2. The molecular weight excluding hydrogens is 350 g/mol. The summed E-state index contributed by atoms with van der Waals surface area (Å²) in [5.74, 6) is 0.923. The smallest absolute Gasteiger partial charge is 0.410 e. The number of benzene rings is 1. The Kier molecular flexibility index (Phi) is 3.23. The molecule has 2 bridgehead atoms. The van der Waals surface area contributed by atoms with Gasteiger partial charge in [-0.1, -0.05) is 6.07 Å². The quantitative estimate of drug-likeness (QED) is 0.845. The third-order valence-corrected chi connectivity index (χ3v) is 6.58. The van der Waals surface area contributed by atoms with Gasteiger partial charge in [0.25, 0.3) is 0 Å². The molecule has 142 valence electrons. The van der Waals surface area contributed by atoms with E-state index in [2.05, 4.69) is 0 Å². The van der Waals surface area contributed by atoms with Crippen LogP contribution >= 0.6 is 0 Å². The molecule has 4 aliphatic rings. The van der Waals surface area contributed by atoms with Crippen molar-refractivity contribution in [2.24, 2.45) is 0 Å². The van der Waals surface area contributed by atoms with Gasteiger partial charge in [0.2, 0.25) is 0 Å². The summed E-state index contributed by atoms with van der Waals surface area (Å²) < 4.78 is 16.8. The Hall–Kier alpha value is -2.54. The number of hydrogen-bond donors (Lipinski definition) is 1. The molecule has 1 spiro atoms. The fourth-order valence-corrected chi connectivity index (χ4v) is 5.50. The van der Waals surface area contributed by atoms with E-state index in [9.17, 15) is 14.7 Å². The molecular formula is C20H21NO6. The molecule has 5 rings (SSSR count). The number of likely N-dealkylation sites (tertiary alicyclic amines) is 1. The van der Waals surface area contributed by atoms with E-state index in [0.29, 0.717) is 30.9 Å². The van der Waals surface area contributed by atoms with Gasteiger partial charge in [-0.25, -0.2) is 4.79 Å². The summed E-state index contributed by atoms with van der Waals surface area (Å²) in [4.78, 5) is 26.8. The molecule has 2 aliphatic carbocycles. The summed E-state index contributed by atoms with van der Waals surface area (Å²) in [5, 5.41) is 11.9. The van der Waals surface area contributed by atoms with Gasteiger partial charge in [0.1, 0.15) is 5.60 Å². The van der Waals surface area contributed by atoms with Gasteiger partial charge >= 0.3 is 6.09 Å². The predicted molar refractivity (Wildman–Crippen MR) is 94.0 cm³/mol. The van der Waals surface area contributed by atoms with Gasteiger partial charge in [-0.15, -0.1) is 0 Å². The van der Waals surface area contributed by atoms with E-state index >= 15 is 0 Å². The first-order valence-electron chi connectivity index (χ1n) is 9.23. The van der Waals surface area contributed by atoms with Crippen molar-refractivity contribution in [2.75, 3.05) is 20.3 Å². The van der Waals surface area contributed by atoms with Crippen molar-refractivity contribution in [1.82, 2.24) is 4.90 Å². The fraction of sp³-hybridized carbons (Fsp3) is 0.500. The zero-order valence-electron chi connectivity index (χ0n) is 15.2. The molecule has 2 heterocycles. The third-order valence-electron chi connectivity index (χ3n) is 6.58. The summed E-state index contributed by atoms with van der Waals surface area (Å²) in [5.41, 5.74) is -0.489. The Labute approximate surface area is 156 Å². The van der Waals surface area contributed by atoms with E-state index in [1.165, 1.54) is 6.08 Å². The lowest BCUT2D eigenvalue weighted by molar-refractivity contribution is -0.150. The van der Waals surface area contributed by atoms with Crippen LogP contribution in [0.15, 0.2) is 24.3 Å². The van der Waals surface area contributed by atoms with E-state index in [4.69, 9.17) is 14.2 Å². The molecule has 4 atom stereocenters. The van der Waals surface area contributed by atoms with Crippen molar-refractivity contribution < 1.29 is 28.9 Å². The standard InChI is InChI=1S/C20H21NO6/c1-3-26-18(23)21-9-8-19-15-11-4-5-13(25-2)16(15)27-17(19)12(22)6-7-20(19,24)14(21)10-11/h4-7,14,17,24H,3,8-10H2,1-2H3. The molecule has 0 saturated carbocycles. The average molecular weight is 371 g/mol. The highest BCUT2D eigenvalue weighted by atomic mass is 16.6.